The number of fused-ring (bicyclic) bond motifs is 2. The number of para-hydroxylation sites is 1. The number of rotatable bonds is 5. The van der Waals surface area contributed by atoms with Crippen LogP contribution in [-0.4, -0.2) is 35.7 Å². The summed E-state index contributed by atoms with van der Waals surface area (Å²) in [7, 11) is 1.61. The van der Waals surface area contributed by atoms with Gasteiger partial charge in [-0.25, -0.2) is 0 Å². The molecular formula is C31H28N2O6. The number of amides is 1. The fourth-order valence-electron chi connectivity index (χ4n) is 5.47. The molecule has 2 aliphatic heterocycles. The van der Waals surface area contributed by atoms with Gasteiger partial charge in [0.1, 0.15) is 11.5 Å². The molecule has 4 aromatic rings. The van der Waals surface area contributed by atoms with Crippen molar-refractivity contribution in [2.24, 2.45) is 0 Å². The molecule has 39 heavy (non-hydrogen) atoms. The molecule has 1 amide bonds. The van der Waals surface area contributed by atoms with E-state index in [9.17, 15) is 14.7 Å². The Hall–Kier alpha value is -4.72. The third kappa shape index (κ3) is 3.82. The number of ether oxygens (including phenoxy) is 3. The van der Waals surface area contributed by atoms with E-state index in [0.717, 1.165) is 22.0 Å². The average Bonchev–Trinajstić information content (AvgIpc) is 3.64. The fraction of sp³-hybridized carbons (Fsp3) is 0.226. The fourth-order valence-corrected chi connectivity index (χ4v) is 5.47. The van der Waals surface area contributed by atoms with E-state index in [4.69, 9.17) is 14.2 Å². The molecule has 1 aromatic heterocycles. The predicted octanol–water partition coefficient (Wildman–Crippen LogP) is 5.96. The second-order valence-electron chi connectivity index (χ2n) is 10.1. The molecule has 2 N–H and O–H groups in total. The lowest BCUT2D eigenvalue weighted by Crippen LogP contribution is -2.29. The molecule has 0 bridgehead atoms. The average molecular weight is 525 g/mol. The number of aliphatic hydroxyl groups is 1. The van der Waals surface area contributed by atoms with E-state index in [0.29, 0.717) is 34.1 Å². The summed E-state index contributed by atoms with van der Waals surface area (Å²) in [5.41, 5.74) is 4.12. The van der Waals surface area contributed by atoms with Crippen LogP contribution in [0.2, 0.25) is 0 Å². The normalized spacial score (nSPS) is 18.0. The van der Waals surface area contributed by atoms with E-state index < -0.39 is 17.7 Å². The Balaban J connectivity index is 1.61. The monoisotopic (exact) mass is 524 g/mol. The van der Waals surface area contributed by atoms with Gasteiger partial charge in [-0.05, 0) is 54.3 Å². The van der Waals surface area contributed by atoms with Crippen LogP contribution in [0.4, 0.5) is 5.69 Å². The molecule has 1 fully saturated rings. The van der Waals surface area contributed by atoms with Crippen molar-refractivity contribution in [1.82, 2.24) is 4.98 Å². The molecule has 2 aliphatic rings. The molecular weight excluding hydrogens is 496 g/mol. The number of aryl methyl sites for hydroxylation is 1. The summed E-state index contributed by atoms with van der Waals surface area (Å²) in [5.74, 6) is 0.130. The van der Waals surface area contributed by atoms with Gasteiger partial charge in [-0.15, -0.1) is 0 Å². The Morgan fingerprint density at radius 2 is 1.85 bits per heavy atom. The molecule has 0 spiro atoms. The number of hydrogen-bond acceptors (Lipinski definition) is 6. The van der Waals surface area contributed by atoms with Crippen LogP contribution in [-0.2, 0) is 9.59 Å². The third-order valence-corrected chi connectivity index (χ3v) is 7.45. The molecule has 8 nitrogen and oxygen atoms in total. The van der Waals surface area contributed by atoms with Crippen LogP contribution in [0, 0.1) is 6.92 Å². The number of H-pyrrole nitrogens is 1. The number of methoxy groups -OCH3 is 1. The topological polar surface area (TPSA) is 101 Å². The van der Waals surface area contributed by atoms with Gasteiger partial charge >= 0.3 is 0 Å². The molecule has 6 rings (SSSR count). The highest BCUT2D eigenvalue weighted by atomic mass is 16.7. The van der Waals surface area contributed by atoms with Crippen LogP contribution in [0.25, 0.3) is 16.7 Å². The lowest BCUT2D eigenvalue weighted by atomic mass is 9.91. The van der Waals surface area contributed by atoms with Crippen molar-refractivity contribution >= 4 is 34.0 Å². The number of ketones is 1. The molecule has 0 aliphatic carbocycles. The summed E-state index contributed by atoms with van der Waals surface area (Å²) in [5, 5.41) is 12.6. The number of aliphatic hydroxyl groups excluding tert-OH is 1. The van der Waals surface area contributed by atoms with Gasteiger partial charge in [-0.2, -0.15) is 0 Å². The Labute approximate surface area is 225 Å². The summed E-state index contributed by atoms with van der Waals surface area (Å²) >= 11 is 0. The highest BCUT2D eigenvalue weighted by Gasteiger charge is 2.48. The van der Waals surface area contributed by atoms with Gasteiger partial charge in [-0.3, -0.25) is 14.5 Å². The third-order valence-electron chi connectivity index (χ3n) is 7.45. The molecule has 8 heteroatoms. The zero-order valence-electron chi connectivity index (χ0n) is 22.1. The first kappa shape index (κ1) is 24.6. The maximum Gasteiger partial charge on any atom is 0.300 e. The number of nitrogens with zero attached hydrogens (tertiary/aromatic N) is 1. The smallest absolute Gasteiger partial charge is 0.300 e. The van der Waals surface area contributed by atoms with Crippen LogP contribution in [0.1, 0.15) is 48.1 Å². The first-order valence-electron chi connectivity index (χ1n) is 12.8. The number of Topliss-reactive ketones (excluding diaryl/α,β-unsaturated/α-hetero) is 1. The molecule has 3 heterocycles. The molecule has 0 saturated carbocycles. The van der Waals surface area contributed by atoms with Crippen molar-refractivity contribution in [3.05, 3.63) is 88.6 Å². The van der Waals surface area contributed by atoms with Crippen LogP contribution >= 0.6 is 0 Å². The number of anilines is 1. The van der Waals surface area contributed by atoms with E-state index >= 15 is 0 Å². The van der Waals surface area contributed by atoms with Gasteiger partial charge in [0.25, 0.3) is 11.7 Å². The Bertz CT molecular complexity index is 1680. The Morgan fingerprint density at radius 3 is 2.62 bits per heavy atom. The van der Waals surface area contributed by atoms with Crippen molar-refractivity contribution < 1.29 is 28.9 Å². The van der Waals surface area contributed by atoms with E-state index in [1.807, 2.05) is 57.2 Å². The number of benzene rings is 3. The largest absolute Gasteiger partial charge is 0.507 e. The highest BCUT2D eigenvalue weighted by Crippen LogP contribution is 2.47. The van der Waals surface area contributed by atoms with Crippen molar-refractivity contribution in [3.8, 4) is 17.2 Å². The first-order valence-corrected chi connectivity index (χ1v) is 12.8. The molecule has 3 aromatic carbocycles. The number of carbonyl (C=O) groups is 2. The highest BCUT2D eigenvalue weighted by molar-refractivity contribution is 6.52. The molecule has 1 atom stereocenters. The molecule has 1 unspecified atom stereocenters. The van der Waals surface area contributed by atoms with Crippen molar-refractivity contribution in [2.75, 3.05) is 18.8 Å². The van der Waals surface area contributed by atoms with E-state index in [2.05, 4.69) is 4.98 Å². The minimum absolute atomic E-state index is 0.0189. The molecule has 198 valence electrons. The zero-order chi connectivity index (χ0) is 27.4. The standard InChI is InChI=1S/C31H28N2O6/c1-16(2)20-13-21(17(3)11-25(20)37-4)29(34)27-28(22-14-32-23-8-6-5-7-19(22)23)33(31(36)30(27)35)18-9-10-24-26(12-18)39-15-38-24/h5-14,16,28,32,34H,15H2,1-4H3/b29-27+. The van der Waals surface area contributed by atoms with E-state index in [1.165, 1.54) is 4.90 Å². The lowest BCUT2D eigenvalue weighted by molar-refractivity contribution is -0.132. The van der Waals surface area contributed by atoms with Crippen LogP contribution in [0.15, 0.2) is 66.4 Å². The van der Waals surface area contributed by atoms with E-state index in [-0.39, 0.29) is 24.0 Å². The maximum atomic E-state index is 13.7. The van der Waals surface area contributed by atoms with Crippen LogP contribution in [0.3, 0.4) is 0 Å². The van der Waals surface area contributed by atoms with E-state index in [1.54, 1.807) is 31.5 Å². The number of nitrogens with one attached hydrogen (secondary N) is 1. The van der Waals surface area contributed by atoms with Gasteiger partial charge in [-0.1, -0.05) is 32.0 Å². The van der Waals surface area contributed by atoms with Crippen LogP contribution < -0.4 is 19.1 Å². The summed E-state index contributed by atoms with van der Waals surface area (Å²) in [6.45, 7) is 5.98. The summed E-state index contributed by atoms with van der Waals surface area (Å²) in [6, 6.07) is 15.6. The minimum atomic E-state index is -0.884. The van der Waals surface area contributed by atoms with Crippen molar-refractivity contribution in [3.63, 3.8) is 0 Å². The second-order valence-corrected chi connectivity index (χ2v) is 10.1. The van der Waals surface area contributed by atoms with Crippen molar-refractivity contribution in [2.45, 2.75) is 32.7 Å². The van der Waals surface area contributed by atoms with Gasteiger partial charge < -0.3 is 24.3 Å². The maximum absolute atomic E-state index is 13.7. The Kier molecular flexibility index (Phi) is 5.83. The van der Waals surface area contributed by atoms with Gasteiger partial charge in [0.2, 0.25) is 6.79 Å². The molecule has 0 radical (unpaired) electrons. The van der Waals surface area contributed by atoms with Gasteiger partial charge in [0, 0.05) is 40.0 Å². The number of hydrogen-bond donors (Lipinski definition) is 2. The summed E-state index contributed by atoms with van der Waals surface area (Å²) in [6.07, 6.45) is 1.79. The number of aromatic amines is 1. The first-order chi connectivity index (χ1) is 18.8. The van der Waals surface area contributed by atoms with Crippen LogP contribution in [0.5, 0.6) is 17.2 Å². The summed E-state index contributed by atoms with van der Waals surface area (Å²) in [4.78, 5) is 32.1. The zero-order valence-corrected chi connectivity index (χ0v) is 22.1. The van der Waals surface area contributed by atoms with Gasteiger partial charge in [0.15, 0.2) is 11.5 Å². The Morgan fingerprint density at radius 1 is 1.08 bits per heavy atom. The number of carbonyl (C=O) groups excluding carboxylic acids is 2. The second kappa shape index (κ2) is 9.23. The molecule has 1 saturated heterocycles. The number of aromatic nitrogens is 1. The van der Waals surface area contributed by atoms with Crippen molar-refractivity contribution in [1.29, 1.82) is 0 Å². The van der Waals surface area contributed by atoms with Gasteiger partial charge in [0.05, 0.1) is 18.7 Å². The predicted molar refractivity (Wildman–Crippen MR) is 147 cm³/mol. The lowest BCUT2D eigenvalue weighted by Gasteiger charge is -2.25. The quantitative estimate of drug-likeness (QED) is 0.190. The SMILES string of the molecule is COc1cc(C)c(/C(O)=C2\C(=O)C(=O)N(c3ccc4c(c3)OCO4)C2c2c[nH]c3ccccc23)cc1C(C)C. The summed E-state index contributed by atoms with van der Waals surface area (Å²) < 4.78 is 16.6. The minimum Gasteiger partial charge on any atom is -0.507 e.